The molecule has 20 heavy (non-hydrogen) atoms. The highest BCUT2D eigenvalue weighted by molar-refractivity contribution is 7.98. The van der Waals surface area contributed by atoms with Gasteiger partial charge in [-0.1, -0.05) is 0 Å². The number of nitrogens with one attached hydrogen (secondary N) is 2. The van der Waals surface area contributed by atoms with Crippen molar-refractivity contribution in [2.24, 2.45) is 0 Å². The minimum Gasteiger partial charge on any atom is -0.373 e. The van der Waals surface area contributed by atoms with Crippen LogP contribution in [0, 0.1) is 0 Å². The summed E-state index contributed by atoms with van der Waals surface area (Å²) < 4.78 is 0. The lowest BCUT2D eigenvalue weighted by Crippen LogP contribution is -2.05. The Morgan fingerprint density at radius 1 is 1.25 bits per heavy atom. The zero-order valence-electron chi connectivity index (χ0n) is 11.5. The van der Waals surface area contributed by atoms with Crippen molar-refractivity contribution in [2.45, 2.75) is 17.6 Å². The number of hydrogen-bond acceptors (Lipinski definition) is 4. The quantitative estimate of drug-likeness (QED) is 0.828. The summed E-state index contributed by atoms with van der Waals surface area (Å²) in [5.74, 6) is 1.71. The van der Waals surface area contributed by atoms with Crippen molar-refractivity contribution in [3.63, 3.8) is 0 Å². The van der Waals surface area contributed by atoms with Crippen LogP contribution in [0.4, 0.5) is 11.5 Å². The zero-order valence-corrected chi connectivity index (χ0v) is 12.3. The highest BCUT2D eigenvalue weighted by atomic mass is 32.2. The van der Waals surface area contributed by atoms with Crippen LogP contribution < -0.4 is 10.6 Å². The SMILES string of the molecule is CNc1cc(CSc2ccc(NC(C)=O)cc2)ccn1. The molecule has 0 aliphatic rings. The highest BCUT2D eigenvalue weighted by Crippen LogP contribution is 2.24. The van der Waals surface area contributed by atoms with E-state index in [9.17, 15) is 4.79 Å². The Morgan fingerprint density at radius 3 is 2.65 bits per heavy atom. The summed E-state index contributed by atoms with van der Waals surface area (Å²) in [5.41, 5.74) is 2.04. The Hall–Kier alpha value is -2.01. The summed E-state index contributed by atoms with van der Waals surface area (Å²) in [4.78, 5) is 16.3. The number of pyridine rings is 1. The van der Waals surface area contributed by atoms with Gasteiger partial charge in [-0.2, -0.15) is 0 Å². The molecule has 2 N–H and O–H groups in total. The number of carbonyl (C=O) groups excluding carboxylic acids is 1. The van der Waals surface area contributed by atoms with Crippen LogP contribution in [0.5, 0.6) is 0 Å². The third kappa shape index (κ3) is 4.28. The number of thioether (sulfide) groups is 1. The molecule has 4 nitrogen and oxygen atoms in total. The molecule has 0 spiro atoms. The maximum atomic E-state index is 10.9. The Labute approximate surface area is 123 Å². The fourth-order valence-electron chi connectivity index (χ4n) is 1.71. The van der Waals surface area contributed by atoms with Crippen molar-refractivity contribution in [3.8, 4) is 0 Å². The topological polar surface area (TPSA) is 54.0 Å². The molecule has 0 saturated heterocycles. The molecule has 1 amide bonds. The van der Waals surface area contributed by atoms with Crippen molar-refractivity contribution in [2.75, 3.05) is 17.7 Å². The third-order valence-electron chi connectivity index (χ3n) is 2.66. The summed E-state index contributed by atoms with van der Waals surface area (Å²) in [6, 6.07) is 11.9. The largest absolute Gasteiger partial charge is 0.373 e. The van der Waals surface area contributed by atoms with Gasteiger partial charge in [0.05, 0.1) is 0 Å². The molecule has 1 aromatic carbocycles. The number of nitrogens with zero attached hydrogens (tertiary/aromatic N) is 1. The summed E-state index contributed by atoms with van der Waals surface area (Å²) in [5, 5.41) is 5.79. The molecule has 0 saturated carbocycles. The molecule has 104 valence electrons. The van der Waals surface area contributed by atoms with Crippen LogP contribution >= 0.6 is 11.8 Å². The predicted molar refractivity (Wildman–Crippen MR) is 84.1 cm³/mol. The molecule has 0 fully saturated rings. The van der Waals surface area contributed by atoms with Gasteiger partial charge in [0.2, 0.25) is 5.91 Å². The van der Waals surface area contributed by atoms with E-state index >= 15 is 0 Å². The first-order chi connectivity index (χ1) is 9.67. The first-order valence-corrected chi connectivity index (χ1v) is 7.29. The fourth-order valence-corrected chi connectivity index (χ4v) is 2.55. The average molecular weight is 287 g/mol. The van der Waals surface area contributed by atoms with Gasteiger partial charge in [0.1, 0.15) is 5.82 Å². The first kappa shape index (κ1) is 14.4. The molecule has 2 rings (SSSR count). The van der Waals surface area contributed by atoms with Crippen molar-refractivity contribution in [1.29, 1.82) is 0 Å². The van der Waals surface area contributed by atoms with Gasteiger partial charge in [-0.25, -0.2) is 4.98 Å². The van der Waals surface area contributed by atoms with Crippen molar-refractivity contribution >= 4 is 29.2 Å². The molecule has 0 radical (unpaired) electrons. The molecule has 1 aromatic heterocycles. The molecule has 0 aliphatic heterocycles. The molecule has 0 atom stereocenters. The van der Waals surface area contributed by atoms with E-state index in [1.165, 1.54) is 17.4 Å². The highest BCUT2D eigenvalue weighted by Gasteiger charge is 2.00. The molecule has 1 heterocycles. The number of benzene rings is 1. The van der Waals surface area contributed by atoms with E-state index in [0.29, 0.717) is 0 Å². The van der Waals surface area contributed by atoms with Gasteiger partial charge in [0.15, 0.2) is 0 Å². The van der Waals surface area contributed by atoms with Crippen LogP contribution in [0.3, 0.4) is 0 Å². The number of amides is 1. The van der Waals surface area contributed by atoms with E-state index in [0.717, 1.165) is 17.3 Å². The summed E-state index contributed by atoms with van der Waals surface area (Å²) in [6.45, 7) is 1.51. The second-order valence-electron chi connectivity index (χ2n) is 4.29. The van der Waals surface area contributed by atoms with Gasteiger partial charge in [-0.15, -0.1) is 11.8 Å². The standard InChI is InChI=1S/C15H17N3OS/c1-11(19)18-13-3-5-14(6-4-13)20-10-12-7-8-17-15(9-12)16-2/h3-9H,10H2,1-2H3,(H,16,17)(H,18,19). The monoisotopic (exact) mass is 287 g/mol. The van der Waals surface area contributed by atoms with Crippen molar-refractivity contribution in [1.82, 2.24) is 4.98 Å². The minimum atomic E-state index is -0.0539. The summed E-state index contributed by atoms with van der Waals surface area (Å²) >= 11 is 1.75. The Kier molecular flexibility index (Phi) is 5.01. The molecular formula is C15H17N3OS. The average Bonchev–Trinajstić information content (AvgIpc) is 2.46. The van der Waals surface area contributed by atoms with Gasteiger partial charge in [-0.3, -0.25) is 4.79 Å². The molecule has 5 heteroatoms. The van der Waals surface area contributed by atoms with Crippen LogP contribution in [-0.2, 0) is 10.5 Å². The lowest BCUT2D eigenvalue weighted by molar-refractivity contribution is -0.114. The maximum Gasteiger partial charge on any atom is 0.221 e. The van der Waals surface area contributed by atoms with Gasteiger partial charge in [0, 0.05) is 36.5 Å². The second kappa shape index (κ2) is 6.96. The van der Waals surface area contributed by atoms with E-state index in [-0.39, 0.29) is 5.91 Å². The first-order valence-electron chi connectivity index (χ1n) is 6.30. The smallest absolute Gasteiger partial charge is 0.221 e. The van der Waals surface area contributed by atoms with E-state index in [4.69, 9.17) is 0 Å². The normalized spacial score (nSPS) is 10.1. The number of anilines is 2. The zero-order chi connectivity index (χ0) is 14.4. The van der Waals surface area contributed by atoms with Gasteiger partial charge >= 0.3 is 0 Å². The Bertz CT molecular complexity index is 584. The maximum absolute atomic E-state index is 10.9. The van der Waals surface area contributed by atoms with Crippen LogP contribution in [0.25, 0.3) is 0 Å². The minimum absolute atomic E-state index is 0.0539. The molecular weight excluding hydrogens is 270 g/mol. The summed E-state index contributed by atoms with van der Waals surface area (Å²) in [6.07, 6.45) is 1.81. The van der Waals surface area contributed by atoms with Gasteiger partial charge in [0.25, 0.3) is 0 Å². The second-order valence-corrected chi connectivity index (χ2v) is 5.34. The summed E-state index contributed by atoms with van der Waals surface area (Å²) in [7, 11) is 1.86. The molecule has 2 aromatic rings. The Balaban J connectivity index is 1.94. The number of carbonyl (C=O) groups is 1. The van der Waals surface area contributed by atoms with Crippen LogP contribution in [-0.4, -0.2) is 17.9 Å². The van der Waals surface area contributed by atoms with E-state index in [1.807, 2.05) is 49.6 Å². The van der Waals surface area contributed by atoms with E-state index in [2.05, 4.69) is 15.6 Å². The van der Waals surface area contributed by atoms with Gasteiger partial charge < -0.3 is 10.6 Å². The van der Waals surface area contributed by atoms with Crippen molar-refractivity contribution in [3.05, 3.63) is 48.2 Å². The van der Waals surface area contributed by atoms with E-state index < -0.39 is 0 Å². The molecule has 0 bridgehead atoms. The van der Waals surface area contributed by atoms with Gasteiger partial charge in [-0.05, 0) is 42.0 Å². The van der Waals surface area contributed by atoms with Crippen LogP contribution in [0.1, 0.15) is 12.5 Å². The number of aromatic nitrogens is 1. The van der Waals surface area contributed by atoms with E-state index in [1.54, 1.807) is 11.8 Å². The molecule has 0 unspecified atom stereocenters. The third-order valence-corrected chi connectivity index (χ3v) is 3.74. The van der Waals surface area contributed by atoms with Crippen molar-refractivity contribution < 1.29 is 4.79 Å². The van der Waals surface area contributed by atoms with Crippen LogP contribution in [0.15, 0.2) is 47.5 Å². The lowest BCUT2D eigenvalue weighted by Gasteiger charge is -2.06. The lowest BCUT2D eigenvalue weighted by atomic mass is 10.3. The number of rotatable bonds is 5. The molecule has 0 aliphatic carbocycles. The van der Waals surface area contributed by atoms with Crippen LogP contribution in [0.2, 0.25) is 0 Å². The predicted octanol–water partition coefficient (Wildman–Crippen LogP) is 3.37. The fraction of sp³-hybridized carbons (Fsp3) is 0.200. The Morgan fingerprint density at radius 2 is 2.00 bits per heavy atom. The number of hydrogen-bond donors (Lipinski definition) is 2.